The molecule has 1 unspecified atom stereocenters. The highest BCUT2D eigenvalue weighted by Gasteiger charge is 2.22. The van der Waals surface area contributed by atoms with Crippen LogP contribution >= 0.6 is 11.6 Å². The Labute approximate surface area is 166 Å². The number of benzene rings is 2. The highest BCUT2D eigenvalue weighted by molar-refractivity contribution is 6.34. The number of hydrogen-bond donors (Lipinski definition) is 3. The topological polar surface area (TPSA) is 101 Å². The van der Waals surface area contributed by atoms with E-state index in [0.29, 0.717) is 47.1 Å². The van der Waals surface area contributed by atoms with Crippen LogP contribution in [0.1, 0.15) is 23.3 Å². The average Bonchev–Trinajstić information content (AvgIpc) is 3.13. The van der Waals surface area contributed by atoms with E-state index in [2.05, 4.69) is 25.8 Å². The molecule has 28 heavy (non-hydrogen) atoms. The second-order valence-corrected chi connectivity index (χ2v) is 6.60. The van der Waals surface area contributed by atoms with E-state index in [0.717, 1.165) is 5.56 Å². The summed E-state index contributed by atoms with van der Waals surface area (Å²) < 4.78 is 11.0. The van der Waals surface area contributed by atoms with E-state index < -0.39 is 12.1 Å². The molecule has 2 aromatic carbocycles. The van der Waals surface area contributed by atoms with Gasteiger partial charge in [0.1, 0.15) is 25.1 Å². The molecule has 9 heteroatoms. The number of carbonyl (C=O) groups is 1. The Hall–Kier alpha value is -3.26. The zero-order chi connectivity index (χ0) is 19.5. The number of rotatable bonds is 4. The van der Waals surface area contributed by atoms with E-state index >= 15 is 0 Å². The van der Waals surface area contributed by atoms with Gasteiger partial charge in [-0.2, -0.15) is 5.10 Å². The first-order chi connectivity index (χ1) is 13.6. The molecular weight excluding hydrogens is 382 g/mol. The Morgan fingerprint density at radius 1 is 1.18 bits per heavy atom. The van der Waals surface area contributed by atoms with Crippen molar-refractivity contribution in [2.45, 2.75) is 13.0 Å². The van der Waals surface area contributed by atoms with Gasteiger partial charge in [-0.05, 0) is 12.5 Å². The van der Waals surface area contributed by atoms with Gasteiger partial charge in [-0.25, -0.2) is 9.78 Å². The molecule has 0 bridgehead atoms. The molecule has 8 nitrogen and oxygen atoms in total. The van der Waals surface area contributed by atoms with Crippen molar-refractivity contribution < 1.29 is 14.3 Å². The highest BCUT2D eigenvalue weighted by Crippen LogP contribution is 2.38. The Morgan fingerprint density at radius 2 is 1.89 bits per heavy atom. The predicted molar refractivity (Wildman–Crippen MR) is 104 cm³/mol. The zero-order valence-electron chi connectivity index (χ0n) is 15.0. The van der Waals surface area contributed by atoms with Crippen LogP contribution < -0.4 is 20.1 Å². The van der Waals surface area contributed by atoms with Gasteiger partial charge in [0.2, 0.25) is 0 Å². The van der Waals surface area contributed by atoms with Crippen LogP contribution in [0.3, 0.4) is 0 Å². The number of amides is 2. The number of carbonyl (C=O) groups excluding carboxylic acids is 1. The Balaban J connectivity index is 1.55. The first kappa shape index (κ1) is 18.1. The molecule has 0 aliphatic carbocycles. The summed E-state index contributed by atoms with van der Waals surface area (Å²) in [7, 11) is 0. The summed E-state index contributed by atoms with van der Waals surface area (Å²) in [6.45, 7) is 2.71. The summed E-state index contributed by atoms with van der Waals surface area (Å²) in [6.07, 6.45) is 0. The van der Waals surface area contributed by atoms with Crippen molar-refractivity contribution in [3.8, 4) is 11.5 Å². The van der Waals surface area contributed by atoms with E-state index in [-0.39, 0.29) is 0 Å². The summed E-state index contributed by atoms with van der Waals surface area (Å²) >= 11 is 6.27. The van der Waals surface area contributed by atoms with Crippen LogP contribution in [0.2, 0.25) is 5.02 Å². The molecule has 1 aromatic heterocycles. The van der Waals surface area contributed by atoms with Crippen LogP contribution in [-0.2, 0) is 0 Å². The van der Waals surface area contributed by atoms with E-state index in [9.17, 15) is 4.79 Å². The van der Waals surface area contributed by atoms with Crippen LogP contribution in [0.5, 0.6) is 11.5 Å². The quantitative estimate of drug-likeness (QED) is 0.623. The maximum absolute atomic E-state index is 12.7. The SMILES string of the molecule is Cc1nc(C(NC(=O)Nc2cc3c(cc2Cl)OCCO3)c2ccccc2)n[nH]1. The third-order valence-electron chi connectivity index (χ3n) is 4.16. The fraction of sp³-hybridized carbons (Fsp3) is 0.211. The van der Waals surface area contributed by atoms with Crippen LogP contribution in [0, 0.1) is 6.92 Å². The molecule has 0 saturated heterocycles. The molecular formula is C19H18ClN5O3. The van der Waals surface area contributed by atoms with Gasteiger partial charge in [0.15, 0.2) is 17.3 Å². The molecule has 144 valence electrons. The normalized spacial score (nSPS) is 13.6. The lowest BCUT2D eigenvalue weighted by Crippen LogP contribution is -2.34. The predicted octanol–water partition coefficient (Wildman–Crippen LogP) is 3.45. The maximum atomic E-state index is 12.7. The van der Waals surface area contributed by atoms with Crippen molar-refractivity contribution in [3.05, 3.63) is 64.7 Å². The minimum Gasteiger partial charge on any atom is -0.486 e. The lowest BCUT2D eigenvalue weighted by molar-refractivity contribution is 0.171. The lowest BCUT2D eigenvalue weighted by Gasteiger charge is -2.21. The second-order valence-electron chi connectivity index (χ2n) is 6.20. The highest BCUT2D eigenvalue weighted by atomic mass is 35.5. The van der Waals surface area contributed by atoms with Gasteiger partial charge in [0, 0.05) is 12.1 Å². The molecule has 3 N–H and O–H groups in total. The number of hydrogen-bond acceptors (Lipinski definition) is 5. The molecule has 0 fully saturated rings. The van der Waals surface area contributed by atoms with Gasteiger partial charge in [-0.1, -0.05) is 41.9 Å². The van der Waals surface area contributed by atoms with Crippen LogP contribution in [0.25, 0.3) is 0 Å². The fourth-order valence-corrected chi connectivity index (χ4v) is 3.08. The van der Waals surface area contributed by atoms with Gasteiger partial charge in [-0.3, -0.25) is 5.10 Å². The number of anilines is 1. The summed E-state index contributed by atoms with van der Waals surface area (Å²) in [5, 5.41) is 13.0. The van der Waals surface area contributed by atoms with Crippen molar-refractivity contribution >= 4 is 23.3 Å². The first-order valence-electron chi connectivity index (χ1n) is 8.70. The number of aromatic nitrogens is 3. The zero-order valence-corrected chi connectivity index (χ0v) is 15.8. The number of H-pyrrole nitrogens is 1. The summed E-state index contributed by atoms with van der Waals surface area (Å²) in [4.78, 5) is 17.0. The summed E-state index contributed by atoms with van der Waals surface area (Å²) in [6, 6.07) is 11.8. The van der Waals surface area contributed by atoms with Crippen LogP contribution in [-0.4, -0.2) is 34.4 Å². The van der Waals surface area contributed by atoms with E-state index in [4.69, 9.17) is 21.1 Å². The third-order valence-corrected chi connectivity index (χ3v) is 4.47. The van der Waals surface area contributed by atoms with E-state index in [1.54, 1.807) is 19.1 Å². The number of urea groups is 1. The van der Waals surface area contributed by atoms with Crippen molar-refractivity contribution in [2.24, 2.45) is 0 Å². The molecule has 0 saturated carbocycles. The van der Waals surface area contributed by atoms with Gasteiger partial charge in [0.25, 0.3) is 0 Å². The fourth-order valence-electron chi connectivity index (χ4n) is 2.88. The molecule has 1 aliphatic rings. The number of nitrogens with zero attached hydrogens (tertiary/aromatic N) is 2. The van der Waals surface area contributed by atoms with Gasteiger partial charge >= 0.3 is 6.03 Å². The second kappa shape index (κ2) is 7.77. The number of halogens is 1. The molecule has 3 aromatic rings. The van der Waals surface area contributed by atoms with Gasteiger partial charge < -0.3 is 20.1 Å². The molecule has 2 amide bonds. The van der Waals surface area contributed by atoms with Crippen molar-refractivity contribution in [1.29, 1.82) is 0 Å². The van der Waals surface area contributed by atoms with Gasteiger partial charge in [-0.15, -0.1) is 0 Å². The molecule has 2 heterocycles. The molecule has 1 atom stereocenters. The number of aryl methyl sites for hydroxylation is 1. The molecule has 0 radical (unpaired) electrons. The monoisotopic (exact) mass is 399 g/mol. The number of aromatic amines is 1. The minimum absolute atomic E-state index is 0.351. The first-order valence-corrected chi connectivity index (χ1v) is 9.08. The summed E-state index contributed by atoms with van der Waals surface area (Å²) in [5.41, 5.74) is 1.27. The number of nitrogens with one attached hydrogen (secondary N) is 3. The van der Waals surface area contributed by atoms with Crippen LogP contribution in [0.15, 0.2) is 42.5 Å². The van der Waals surface area contributed by atoms with E-state index in [1.165, 1.54) is 0 Å². The maximum Gasteiger partial charge on any atom is 0.320 e. The smallest absolute Gasteiger partial charge is 0.320 e. The largest absolute Gasteiger partial charge is 0.486 e. The molecule has 0 spiro atoms. The standard InChI is InChI=1S/C19H18ClN5O3/c1-11-21-18(25-24-11)17(12-5-3-2-4-6-12)23-19(26)22-14-10-16-15(9-13(14)20)27-7-8-28-16/h2-6,9-10,17H,7-8H2,1H3,(H,21,24,25)(H2,22,23,26). The minimum atomic E-state index is -0.526. The van der Waals surface area contributed by atoms with Crippen molar-refractivity contribution in [2.75, 3.05) is 18.5 Å². The lowest BCUT2D eigenvalue weighted by atomic mass is 10.1. The van der Waals surface area contributed by atoms with Gasteiger partial charge in [0.05, 0.1) is 10.7 Å². The molecule has 4 rings (SSSR count). The molecule has 1 aliphatic heterocycles. The Kier molecular flexibility index (Phi) is 5.03. The van der Waals surface area contributed by atoms with Crippen molar-refractivity contribution in [1.82, 2.24) is 20.5 Å². The Bertz CT molecular complexity index is 992. The van der Waals surface area contributed by atoms with Crippen molar-refractivity contribution in [3.63, 3.8) is 0 Å². The number of ether oxygens (including phenoxy) is 2. The Morgan fingerprint density at radius 3 is 2.57 bits per heavy atom. The third kappa shape index (κ3) is 3.86. The van der Waals surface area contributed by atoms with E-state index in [1.807, 2.05) is 30.3 Å². The number of fused-ring (bicyclic) bond motifs is 1. The average molecular weight is 400 g/mol. The van der Waals surface area contributed by atoms with Crippen LogP contribution in [0.4, 0.5) is 10.5 Å². The summed E-state index contributed by atoms with van der Waals surface area (Å²) in [5.74, 6) is 2.22.